The van der Waals surface area contributed by atoms with Crippen LogP contribution >= 0.6 is 0 Å². The summed E-state index contributed by atoms with van der Waals surface area (Å²) in [5.74, 6) is -0.252. The Hall–Kier alpha value is -3.13. The number of hydrogen-bond donors (Lipinski definition) is 0. The summed E-state index contributed by atoms with van der Waals surface area (Å²) in [7, 11) is 0. The van der Waals surface area contributed by atoms with Crippen molar-refractivity contribution in [2.24, 2.45) is 0 Å². The van der Waals surface area contributed by atoms with Crippen molar-refractivity contribution in [1.29, 1.82) is 5.26 Å². The summed E-state index contributed by atoms with van der Waals surface area (Å²) in [4.78, 5) is 26.6. The lowest BCUT2D eigenvalue weighted by atomic mass is 9.72. The van der Waals surface area contributed by atoms with Crippen molar-refractivity contribution in [3.63, 3.8) is 0 Å². The fourth-order valence-electron chi connectivity index (χ4n) is 3.59. The van der Waals surface area contributed by atoms with Crippen LogP contribution in [0.15, 0.2) is 54.6 Å². The Bertz CT molecular complexity index is 863. The van der Waals surface area contributed by atoms with Crippen LogP contribution in [-0.4, -0.2) is 29.9 Å². The van der Waals surface area contributed by atoms with Gasteiger partial charge in [-0.2, -0.15) is 5.26 Å². The van der Waals surface area contributed by atoms with Gasteiger partial charge < -0.3 is 9.64 Å². The summed E-state index contributed by atoms with van der Waals surface area (Å²) < 4.78 is 5.67. The summed E-state index contributed by atoms with van der Waals surface area (Å²) in [6, 6.07) is 18.8. The first-order chi connectivity index (χ1) is 13.0. The fourth-order valence-corrected chi connectivity index (χ4v) is 3.59. The third-order valence-electron chi connectivity index (χ3n) is 5.21. The summed E-state index contributed by atoms with van der Waals surface area (Å²) in [6.07, 6.45) is 1.07. The highest BCUT2D eigenvalue weighted by molar-refractivity contribution is 5.84. The number of esters is 1. The van der Waals surface area contributed by atoms with Crippen LogP contribution in [0.4, 0.5) is 0 Å². The maximum absolute atomic E-state index is 13.1. The zero-order valence-electron chi connectivity index (χ0n) is 15.4. The van der Waals surface area contributed by atoms with Crippen LogP contribution in [-0.2, 0) is 26.3 Å². The van der Waals surface area contributed by atoms with Gasteiger partial charge in [-0.15, -0.1) is 0 Å². The molecule has 0 radical (unpaired) electrons. The highest BCUT2D eigenvalue weighted by atomic mass is 16.5. The quantitative estimate of drug-likeness (QED) is 0.783. The molecular formula is C22H22N2O3. The molecule has 0 saturated carbocycles. The minimum atomic E-state index is -0.750. The van der Waals surface area contributed by atoms with Crippen molar-refractivity contribution in [2.75, 3.05) is 13.1 Å². The molecule has 0 spiro atoms. The summed E-state index contributed by atoms with van der Waals surface area (Å²) in [5, 5.41) is 9.01. The van der Waals surface area contributed by atoms with Gasteiger partial charge in [0, 0.05) is 20.0 Å². The number of amides is 1. The number of carbonyl (C=O) groups is 2. The molecule has 1 fully saturated rings. The number of nitrogens with zero attached hydrogens (tertiary/aromatic N) is 2. The Balaban J connectivity index is 1.80. The molecule has 1 aliphatic rings. The molecule has 0 N–H and O–H groups in total. The smallest absolute Gasteiger partial charge is 0.317 e. The van der Waals surface area contributed by atoms with E-state index in [-0.39, 0.29) is 18.5 Å². The van der Waals surface area contributed by atoms with Crippen LogP contribution in [0, 0.1) is 11.3 Å². The van der Waals surface area contributed by atoms with Gasteiger partial charge in [-0.05, 0) is 36.1 Å². The molecule has 1 saturated heterocycles. The molecule has 1 aliphatic heterocycles. The summed E-state index contributed by atoms with van der Waals surface area (Å²) >= 11 is 0. The zero-order chi connectivity index (χ0) is 19.3. The predicted molar refractivity (Wildman–Crippen MR) is 101 cm³/mol. The average Bonchev–Trinajstić information content (AvgIpc) is 2.72. The minimum absolute atomic E-state index is 0.0262. The Morgan fingerprint density at radius 1 is 1.11 bits per heavy atom. The minimum Gasteiger partial charge on any atom is -0.460 e. The number of benzene rings is 2. The van der Waals surface area contributed by atoms with Gasteiger partial charge in [0.05, 0.1) is 17.0 Å². The Morgan fingerprint density at radius 2 is 1.81 bits per heavy atom. The first-order valence-electron chi connectivity index (χ1n) is 9.02. The van der Waals surface area contributed by atoms with Crippen LogP contribution in [0.1, 0.15) is 36.5 Å². The lowest BCUT2D eigenvalue weighted by Crippen LogP contribution is -2.49. The molecule has 3 rings (SSSR count). The van der Waals surface area contributed by atoms with E-state index in [0.29, 0.717) is 31.5 Å². The third kappa shape index (κ3) is 4.01. The normalized spacial score (nSPS) is 15.6. The first-order valence-corrected chi connectivity index (χ1v) is 9.02. The molecular weight excluding hydrogens is 340 g/mol. The molecule has 0 bridgehead atoms. The zero-order valence-corrected chi connectivity index (χ0v) is 15.4. The Morgan fingerprint density at radius 3 is 2.44 bits per heavy atom. The van der Waals surface area contributed by atoms with E-state index in [2.05, 4.69) is 6.07 Å². The third-order valence-corrected chi connectivity index (χ3v) is 5.21. The number of nitriles is 1. The maximum atomic E-state index is 13.1. The molecule has 138 valence electrons. The van der Waals surface area contributed by atoms with E-state index in [1.165, 1.54) is 0 Å². The molecule has 0 aliphatic carbocycles. The van der Waals surface area contributed by atoms with E-state index in [9.17, 15) is 9.59 Å². The summed E-state index contributed by atoms with van der Waals surface area (Å²) in [5.41, 5.74) is 1.49. The number of carbonyl (C=O) groups excluding carboxylic acids is 2. The van der Waals surface area contributed by atoms with E-state index >= 15 is 0 Å². The van der Waals surface area contributed by atoms with Crippen molar-refractivity contribution in [3.05, 3.63) is 71.3 Å². The fraction of sp³-hybridized carbons (Fsp3) is 0.318. The highest BCUT2D eigenvalue weighted by Gasteiger charge is 2.44. The van der Waals surface area contributed by atoms with Gasteiger partial charge >= 0.3 is 5.97 Å². The SMILES string of the molecule is CC(=O)N1CCC(C(=O)OCc2cccc(C#N)c2)(c2ccccc2)CC1. The first kappa shape index (κ1) is 18.7. The molecule has 1 amide bonds. The molecule has 27 heavy (non-hydrogen) atoms. The number of ether oxygens (including phenoxy) is 1. The molecule has 5 nitrogen and oxygen atoms in total. The topological polar surface area (TPSA) is 70.4 Å². The molecule has 0 unspecified atom stereocenters. The van der Waals surface area contributed by atoms with Crippen molar-refractivity contribution in [3.8, 4) is 6.07 Å². The lowest BCUT2D eigenvalue weighted by molar-refractivity contribution is -0.155. The molecule has 1 heterocycles. The number of hydrogen-bond acceptors (Lipinski definition) is 4. The monoisotopic (exact) mass is 362 g/mol. The van der Waals surface area contributed by atoms with Crippen LogP contribution in [0.5, 0.6) is 0 Å². The Kier molecular flexibility index (Phi) is 5.56. The van der Waals surface area contributed by atoms with Gasteiger partial charge in [-0.25, -0.2) is 0 Å². The molecule has 0 atom stereocenters. The van der Waals surface area contributed by atoms with E-state index in [4.69, 9.17) is 10.00 Å². The van der Waals surface area contributed by atoms with Gasteiger partial charge in [0.15, 0.2) is 0 Å². The lowest BCUT2D eigenvalue weighted by Gasteiger charge is -2.40. The highest BCUT2D eigenvalue weighted by Crippen LogP contribution is 2.37. The number of likely N-dealkylation sites (tertiary alicyclic amines) is 1. The van der Waals surface area contributed by atoms with Gasteiger partial charge in [0.1, 0.15) is 6.61 Å². The molecule has 0 aromatic heterocycles. The van der Waals surface area contributed by atoms with Gasteiger partial charge in [0.2, 0.25) is 5.91 Å². The second kappa shape index (κ2) is 8.05. The second-order valence-electron chi connectivity index (χ2n) is 6.84. The maximum Gasteiger partial charge on any atom is 0.317 e. The van der Waals surface area contributed by atoms with Gasteiger partial charge in [0.25, 0.3) is 0 Å². The van der Waals surface area contributed by atoms with Crippen molar-refractivity contribution in [2.45, 2.75) is 31.8 Å². The van der Waals surface area contributed by atoms with Crippen LogP contribution in [0.3, 0.4) is 0 Å². The molecule has 2 aromatic rings. The van der Waals surface area contributed by atoms with Crippen LogP contribution in [0.2, 0.25) is 0 Å². The van der Waals surface area contributed by atoms with Crippen molar-refractivity contribution < 1.29 is 14.3 Å². The largest absolute Gasteiger partial charge is 0.460 e. The second-order valence-corrected chi connectivity index (χ2v) is 6.84. The van der Waals surface area contributed by atoms with Crippen LogP contribution in [0.25, 0.3) is 0 Å². The van der Waals surface area contributed by atoms with Crippen molar-refractivity contribution in [1.82, 2.24) is 4.90 Å². The van der Waals surface area contributed by atoms with E-state index in [1.807, 2.05) is 36.4 Å². The standard InChI is InChI=1S/C22H22N2O3/c1-17(25)24-12-10-22(11-13-24,20-8-3-2-4-9-20)21(26)27-16-19-7-5-6-18(14-19)15-23/h2-9,14H,10-13,16H2,1H3. The molecule has 5 heteroatoms. The van der Waals surface area contributed by atoms with Crippen LogP contribution < -0.4 is 0 Å². The van der Waals surface area contributed by atoms with Crippen molar-refractivity contribution >= 4 is 11.9 Å². The summed E-state index contributed by atoms with van der Waals surface area (Å²) in [6.45, 7) is 2.74. The van der Waals surface area contributed by atoms with E-state index in [0.717, 1.165) is 11.1 Å². The molecule has 2 aromatic carbocycles. The Labute approximate surface area is 159 Å². The average molecular weight is 362 g/mol. The van der Waals surface area contributed by atoms with Gasteiger partial charge in [-0.1, -0.05) is 42.5 Å². The van der Waals surface area contributed by atoms with E-state index < -0.39 is 5.41 Å². The van der Waals surface area contributed by atoms with E-state index in [1.54, 1.807) is 30.0 Å². The predicted octanol–water partition coefficient (Wildman–Crippen LogP) is 3.18. The van der Waals surface area contributed by atoms with Gasteiger partial charge in [-0.3, -0.25) is 9.59 Å². The number of rotatable bonds is 4. The number of piperidine rings is 1.